The normalized spacial score (nSPS) is 18.8. The molecule has 1 aliphatic heterocycles. The van der Waals surface area contributed by atoms with E-state index in [2.05, 4.69) is 23.2 Å². The highest BCUT2D eigenvalue weighted by atomic mass is 16.2. The summed E-state index contributed by atoms with van der Waals surface area (Å²) in [5, 5.41) is 0. The minimum Gasteiger partial charge on any atom is -0.343 e. The molecule has 2 amide bonds. The lowest BCUT2D eigenvalue weighted by molar-refractivity contribution is -0.143. The standard InChI is InChI=1S/C26H35N3O2/c1-6-28(7-2)24(31)26(13-15-29(19-26)23(30)25(3,4)5)17-20-10-8-11-21(16-20)22-12-9-14-27-18-22/h8-12,14,16,18H,6-7,13,15,17,19H2,1-5H3. The van der Waals surface area contributed by atoms with E-state index in [1.165, 1.54) is 0 Å². The molecule has 5 heteroatoms. The van der Waals surface area contributed by atoms with E-state index < -0.39 is 10.8 Å². The van der Waals surface area contributed by atoms with E-state index in [9.17, 15) is 9.59 Å². The topological polar surface area (TPSA) is 53.5 Å². The van der Waals surface area contributed by atoms with E-state index in [1.54, 1.807) is 6.20 Å². The second-order valence-corrected chi connectivity index (χ2v) is 9.60. The predicted molar refractivity (Wildman–Crippen MR) is 124 cm³/mol. The van der Waals surface area contributed by atoms with Crippen LogP contribution in [-0.4, -0.2) is 52.8 Å². The van der Waals surface area contributed by atoms with Gasteiger partial charge in [-0.2, -0.15) is 0 Å². The third-order valence-electron chi connectivity index (χ3n) is 6.25. The first-order valence-electron chi connectivity index (χ1n) is 11.3. The number of benzene rings is 1. The summed E-state index contributed by atoms with van der Waals surface area (Å²) in [6, 6.07) is 12.3. The number of hydrogen-bond acceptors (Lipinski definition) is 3. The van der Waals surface area contributed by atoms with Crippen molar-refractivity contribution in [3.05, 3.63) is 54.4 Å². The summed E-state index contributed by atoms with van der Waals surface area (Å²) in [5.41, 5.74) is 2.24. The Morgan fingerprint density at radius 3 is 2.42 bits per heavy atom. The monoisotopic (exact) mass is 421 g/mol. The van der Waals surface area contributed by atoms with Crippen LogP contribution in [0, 0.1) is 10.8 Å². The quantitative estimate of drug-likeness (QED) is 0.694. The number of carbonyl (C=O) groups is 2. The third kappa shape index (κ3) is 4.97. The molecule has 31 heavy (non-hydrogen) atoms. The van der Waals surface area contributed by atoms with Crippen LogP contribution in [-0.2, 0) is 16.0 Å². The maximum atomic E-state index is 13.7. The average molecular weight is 422 g/mol. The van der Waals surface area contributed by atoms with E-state index in [1.807, 2.05) is 68.8 Å². The highest BCUT2D eigenvalue weighted by Crippen LogP contribution is 2.38. The zero-order valence-corrected chi connectivity index (χ0v) is 19.5. The maximum Gasteiger partial charge on any atom is 0.230 e. The fourth-order valence-corrected chi connectivity index (χ4v) is 4.55. The molecule has 2 aromatic rings. The molecule has 0 bridgehead atoms. The van der Waals surface area contributed by atoms with Gasteiger partial charge in [0.05, 0.1) is 5.41 Å². The number of rotatable bonds is 6. The highest BCUT2D eigenvalue weighted by molar-refractivity contribution is 5.87. The molecule has 0 aliphatic carbocycles. The van der Waals surface area contributed by atoms with E-state index in [0.717, 1.165) is 16.7 Å². The Labute approximate surface area is 186 Å². The fraction of sp³-hybridized carbons (Fsp3) is 0.500. The maximum absolute atomic E-state index is 13.7. The molecule has 166 valence electrons. The van der Waals surface area contributed by atoms with Gasteiger partial charge >= 0.3 is 0 Å². The van der Waals surface area contributed by atoms with Crippen LogP contribution in [0.2, 0.25) is 0 Å². The second-order valence-electron chi connectivity index (χ2n) is 9.60. The molecule has 0 spiro atoms. The van der Waals surface area contributed by atoms with Crippen LogP contribution in [0.25, 0.3) is 11.1 Å². The Morgan fingerprint density at radius 2 is 1.81 bits per heavy atom. The molecule has 5 nitrogen and oxygen atoms in total. The van der Waals surface area contributed by atoms with E-state index >= 15 is 0 Å². The van der Waals surface area contributed by atoms with Crippen molar-refractivity contribution in [2.75, 3.05) is 26.2 Å². The van der Waals surface area contributed by atoms with Gasteiger partial charge in [-0.15, -0.1) is 0 Å². The molecule has 0 saturated carbocycles. The van der Waals surface area contributed by atoms with Gasteiger partial charge in [0, 0.05) is 44.0 Å². The van der Waals surface area contributed by atoms with Crippen molar-refractivity contribution in [2.24, 2.45) is 10.8 Å². The van der Waals surface area contributed by atoms with Gasteiger partial charge in [-0.25, -0.2) is 0 Å². The number of aromatic nitrogens is 1. The minimum absolute atomic E-state index is 0.117. The van der Waals surface area contributed by atoms with Crippen molar-refractivity contribution < 1.29 is 9.59 Å². The van der Waals surface area contributed by atoms with Gasteiger partial charge in [0.2, 0.25) is 11.8 Å². The number of amides is 2. The van der Waals surface area contributed by atoms with Crippen LogP contribution < -0.4 is 0 Å². The molecule has 1 unspecified atom stereocenters. The van der Waals surface area contributed by atoms with Crippen LogP contribution in [0.1, 0.15) is 46.6 Å². The Balaban J connectivity index is 1.93. The summed E-state index contributed by atoms with van der Waals surface area (Å²) in [6.07, 6.45) is 4.95. The first kappa shape index (κ1) is 23.0. The Bertz CT molecular complexity index is 916. The zero-order valence-electron chi connectivity index (χ0n) is 19.5. The fourth-order valence-electron chi connectivity index (χ4n) is 4.55. The lowest BCUT2D eigenvalue weighted by Gasteiger charge is -2.34. The van der Waals surface area contributed by atoms with Crippen LogP contribution in [0.4, 0.5) is 0 Å². The van der Waals surface area contributed by atoms with Crippen LogP contribution in [0.15, 0.2) is 48.8 Å². The molecular weight excluding hydrogens is 386 g/mol. The summed E-state index contributed by atoms with van der Waals surface area (Å²) < 4.78 is 0. The lowest BCUT2D eigenvalue weighted by Crippen LogP contribution is -2.48. The second kappa shape index (κ2) is 9.21. The number of pyridine rings is 1. The Morgan fingerprint density at radius 1 is 1.10 bits per heavy atom. The Hall–Kier alpha value is -2.69. The highest BCUT2D eigenvalue weighted by Gasteiger charge is 2.48. The van der Waals surface area contributed by atoms with Gasteiger partial charge < -0.3 is 9.80 Å². The van der Waals surface area contributed by atoms with Gasteiger partial charge in [0.25, 0.3) is 0 Å². The first-order valence-corrected chi connectivity index (χ1v) is 11.3. The molecule has 1 atom stereocenters. The summed E-state index contributed by atoms with van der Waals surface area (Å²) in [6.45, 7) is 12.3. The molecule has 1 aromatic carbocycles. The molecule has 1 fully saturated rings. The molecule has 1 aromatic heterocycles. The molecule has 2 heterocycles. The largest absolute Gasteiger partial charge is 0.343 e. The van der Waals surface area contributed by atoms with Crippen molar-refractivity contribution >= 4 is 11.8 Å². The van der Waals surface area contributed by atoms with Crippen molar-refractivity contribution in [3.63, 3.8) is 0 Å². The molecule has 1 aliphatic rings. The zero-order chi connectivity index (χ0) is 22.6. The van der Waals surface area contributed by atoms with Crippen molar-refractivity contribution in [2.45, 2.75) is 47.5 Å². The molecule has 0 radical (unpaired) electrons. The van der Waals surface area contributed by atoms with Gasteiger partial charge in [0.1, 0.15) is 0 Å². The predicted octanol–water partition coefficient (Wildman–Crippen LogP) is 4.42. The van der Waals surface area contributed by atoms with Gasteiger partial charge in [0.15, 0.2) is 0 Å². The third-order valence-corrected chi connectivity index (χ3v) is 6.25. The number of carbonyl (C=O) groups excluding carboxylic acids is 2. The smallest absolute Gasteiger partial charge is 0.230 e. The van der Waals surface area contributed by atoms with Crippen LogP contribution in [0.3, 0.4) is 0 Å². The molecule has 0 N–H and O–H groups in total. The van der Waals surface area contributed by atoms with Crippen LogP contribution in [0.5, 0.6) is 0 Å². The first-order chi connectivity index (χ1) is 14.7. The summed E-state index contributed by atoms with van der Waals surface area (Å²) in [7, 11) is 0. The Kier molecular flexibility index (Phi) is 6.83. The number of nitrogens with zero attached hydrogens (tertiary/aromatic N) is 3. The SMILES string of the molecule is CCN(CC)C(=O)C1(Cc2cccc(-c3cccnc3)c2)CCN(C(=O)C(C)(C)C)C1. The lowest BCUT2D eigenvalue weighted by atomic mass is 9.78. The minimum atomic E-state index is -0.583. The summed E-state index contributed by atoms with van der Waals surface area (Å²) >= 11 is 0. The average Bonchev–Trinajstić information content (AvgIpc) is 3.19. The van der Waals surface area contributed by atoms with E-state index in [4.69, 9.17) is 0 Å². The van der Waals surface area contributed by atoms with Gasteiger partial charge in [-0.3, -0.25) is 14.6 Å². The van der Waals surface area contributed by atoms with Crippen molar-refractivity contribution in [3.8, 4) is 11.1 Å². The van der Waals surface area contributed by atoms with Crippen molar-refractivity contribution in [1.82, 2.24) is 14.8 Å². The van der Waals surface area contributed by atoms with E-state index in [-0.39, 0.29) is 11.8 Å². The van der Waals surface area contributed by atoms with Crippen LogP contribution >= 0.6 is 0 Å². The number of likely N-dealkylation sites (tertiary alicyclic amines) is 1. The number of hydrogen-bond donors (Lipinski definition) is 0. The molecule has 3 rings (SSSR count). The van der Waals surface area contributed by atoms with Crippen molar-refractivity contribution in [1.29, 1.82) is 0 Å². The molecule has 1 saturated heterocycles. The van der Waals surface area contributed by atoms with E-state index in [0.29, 0.717) is 39.0 Å². The van der Waals surface area contributed by atoms with Gasteiger partial charge in [-0.05, 0) is 49.4 Å². The summed E-state index contributed by atoms with van der Waals surface area (Å²) in [4.78, 5) is 34.7. The summed E-state index contributed by atoms with van der Waals surface area (Å²) in [5.74, 6) is 0.277. The van der Waals surface area contributed by atoms with Gasteiger partial charge in [-0.1, -0.05) is 51.1 Å². The molecular formula is C26H35N3O2.